The molecule has 24 heavy (non-hydrogen) atoms. The van der Waals surface area contributed by atoms with Gasteiger partial charge in [-0.25, -0.2) is 18.0 Å². The Balaban J connectivity index is 2.50. The van der Waals surface area contributed by atoms with Crippen LogP contribution < -0.4 is 11.2 Å². The number of pyridine rings is 1. The molecule has 2 aromatic carbocycles. The van der Waals surface area contributed by atoms with Crippen molar-refractivity contribution in [1.82, 2.24) is 4.57 Å². The number of fused-ring (bicyclic) bond motifs is 1. The maximum absolute atomic E-state index is 14.2. The Labute approximate surface area is 132 Å². The third kappa shape index (κ3) is 2.37. The third-order valence-electron chi connectivity index (χ3n) is 3.51. The fourth-order valence-corrected chi connectivity index (χ4v) is 2.39. The molecule has 0 atom stereocenters. The lowest BCUT2D eigenvalue weighted by Crippen LogP contribution is -2.19. The van der Waals surface area contributed by atoms with Crippen molar-refractivity contribution in [3.05, 3.63) is 69.8 Å². The molecule has 0 spiro atoms. The van der Waals surface area contributed by atoms with E-state index in [1.807, 2.05) is 0 Å². The quantitative estimate of drug-likeness (QED) is 0.706. The zero-order valence-corrected chi connectivity index (χ0v) is 11.9. The Kier molecular flexibility index (Phi) is 3.52. The molecule has 0 radical (unpaired) electrons. The average molecular weight is 334 g/mol. The molecule has 5 nitrogen and oxygen atoms in total. The summed E-state index contributed by atoms with van der Waals surface area (Å²) in [7, 11) is 0. The Morgan fingerprint density at radius 2 is 1.71 bits per heavy atom. The van der Waals surface area contributed by atoms with Crippen LogP contribution in [0.2, 0.25) is 0 Å². The van der Waals surface area contributed by atoms with Crippen LogP contribution in [0, 0.1) is 17.5 Å². The first kappa shape index (κ1) is 15.6. The number of benzene rings is 2. The van der Waals surface area contributed by atoms with Crippen molar-refractivity contribution in [3.8, 4) is 5.69 Å². The van der Waals surface area contributed by atoms with Gasteiger partial charge in [-0.15, -0.1) is 0 Å². The first-order chi connectivity index (χ1) is 11.3. The molecule has 0 unspecified atom stereocenters. The molecular weight excluding hydrogens is 325 g/mol. The van der Waals surface area contributed by atoms with Crippen LogP contribution in [0.5, 0.6) is 0 Å². The first-order valence-electron chi connectivity index (χ1n) is 6.62. The Bertz CT molecular complexity index is 1060. The minimum atomic E-state index is -1.57. The van der Waals surface area contributed by atoms with Crippen LogP contribution >= 0.6 is 0 Å². The van der Waals surface area contributed by atoms with Gasteiger partial charge in [-0.05, 0) is 24.3 Å². The average Bonchev–Trinajstić information content (AvgIpc) is 2.50. The van der Waals surface area contributed by atoms with Gasteiger partial charge in [-0.2, -0.15) is 0 Å². The second-order valence-electron chi connectivity index (χ2n) is 5.04. The van der Waals surface area contributed by atoms with Gasteiger partial charge in [0.1, 0.15) is 11.4 Å². The molecule has 122 valence electrons. The van der Waals surface area contributed by atoms with Crippen molar-refractivity contribution in [2.24, 2.45) is 0 Å². The minimum absolute atomic E-state index is 0.122. The number of nitrogen functional groups attached to an aromatic ring is 1. The zero-order valence-electron chi connectivity index (χ0n) is 11.9. The van der Waals surface area contributed by atoms with E-state index in [-0.39, 0.29) is 22.3 Å². The number of carboxylic acids is 1. The maximum atomic E-state index is 14.2. The van der Waals surface area contributed by atoms with E-state index in [9.17, 15) is 22.8 Å². The van der Waals surface area contributed by atoms with Gasteiger partial charge in [0, 0.05) is 18.0 Å². The van der Waals surface area contributed by atoms with Crippen molar-refractivity contribution < 1.29 is 23.1 Å². The second kappa shape index (κ2) is 5.41. The number of aromatic carboxylic acids is 1. The molecule has 0 aliphatic rings. The highest BCUT2D eigenvalue weighted by Crippen LogP contribution is 2.23. The fourth-order valence-electron chi connectivity index (χ4n) is 2.39. The monoisotopic (exact) mass is 334 g/mol. The van der Waals surface area contributed by atoms with Gasteiger partial charge in [0.2, 0.25) is 5.43 Å². The molecule has 0 amide bonds. The highest BCUT2D eigenvalue weighted by atomic mass is 19.2. The summed E-state index contributed by atoms with van der Waals surface area (Å²) in [6.07, 6.45) is 0.860. The van der Waals surface area contributed by atoms with Crippen molar-refractivity contribution in [2.45, 2.75) is 0 Å². The van der Waals surface area contributed by atoms with E-state index >= 15 is 0 Å². The number of rotatable bonds is 2. The summed E-state index contributed by atoms with van der Waals surface area (Å²) in [4.78, 5) is 23.4. The fraction of sp³-hybridized carbons (Fsp3) is 0. The number of hydrogen-bond acceptors (Lipinski definition) is 3. The molecule has 0 saturated heterocycles. The van der Waals surface area contributed by atoms with Gasteiger partial charge < -0.3 is 15.4 Å². The van der Waals surface area contributed by atoms with Crippen molar-refractivity contribution in [1.29, 1.82) is 0 Å². The lowest BCUT2D eigenvalue weighted by Gasteiger charge is -2.14. The zero-order chi connectivity index (χ0) is 17.6. The third-order valence-corrected chi connectivity index (χ3v) is 3.51. The standard InChI is InChI=1S/C16H9F3N2O3/c17-10-4-8-14(5-11(10)18)21(6-9(15(8)22)16(23)24)13-2-1-7(20)3-12(13)19/h1-6H,20H2,(H,23,24). The number of nitrogens with two attached hydrogens (primary N) is 1. The topological polar surface area (TPSA) is 85.3 Å². The van der Waals surface area contributed by atoms with Crippen molar-refractivity contribution in [3.63, 3.8) is 0 Å². The molecule has 0 saturated carbocycles. The van der Waals surface area contributed by atoms with Crippen LogP contribution in [0.4, 0.5) is 18.9 Å². The van der Waals surface area contributed by atoms with Crippen LogP contribution in [-0.2, 0) is 0 Å². The smallest absolute Gasteiger partial charge is 0.341 e. The molecule has 0 fully saturated rings. The minimum Gasteiger partial charge on any atom is -0.477 e. The van der Waals surface area contributed by atoms with Crippen LogP contribution in [0.1, 0.15) is 10.4 Å². The van der Waals surface area contributed by atoms with E-state index in [4.69, 9.17) is 10.8 Å². The molecule has 3 N–H and O–H groups in total. The molecular formula is C16H9F3N2O3. The van der Waals surface area contributed by atoms with Gasteiger partial charge in [-0.1, -0.05) is 0 Å². The summed E-state index contributed by atoms with van der Waals surface area (Å²) >= 11 is 0. The van der Waals surface area contributed by atoms with E-state index in [2.05, 4.69) is 0 Å². The normalized spacial score (nSPS) is 11.0. The molecule has 3 aromatic rings. The number of carboxylic acid groups (broad SMARTS) is 1. The summed E-state index contributed by atoms with van der Waals surface area (Å²) in [5.74, 6) is -4.96. The molecule has 0 bridgehead atoms. The van der Waals surface area contributed by atoms with Crippen LogP contribution in [0.15, 0.2) is 41.3 Å². The number of halogens is 3. The number of nitrogens with zero attached hydrogens (tertiary/aromatic N) is 1. The van der Waals surface area contributed by atoms with Gasteiger partial charge in [0.15, 0.2) is 11.6 Å². The Hall–Kier alpha value is -3.29. The van der Waals surface area contributed by atoms with E-state index in [0.717, 1.165) is 16.8 Å². The largest absolute Gasteiger partial charge is 0.477 e. The van der Waals surface area contributed by atoms with Gasteiger partial charge in [0.25, 0.3) is 0 Å². The summed E-state index contributed by atoms with van der Waals surface area (Å²) in [6, 6.07) is 4.86. The van der Waals surface area contributed by atoms with E-state index in [1.54, 1.807) is 0 Å². The van der Waals surface area contributed by atoms with E-state index < -0.39 is 34.4 Å². The SMILES string of the molecule is Nc1ccc(-n2cc(C(=O)O)c(=O)c3cc(F)c(F)cc32)c(F)c1. The molecule has 3 rings (SSSR count). The number of hydrogen-bond donors (Lipinski definition) is 2. The number of aromatic nitrogens is 1. The Morgan fingerprint density at radius 1 is 1.04 bits per heavy atom. The highest BCUT2D eigenvalue weighted by Gasteiger charge is 2.19. The van der Waals surface area contributed by atoms with Gasteiger partial charge >= 0.3 is 5.97 Å². The molecule has 1 aromatic heterocycles. The Morgan fingerprint density at radius 3 is 2.33 bits per heavy atom. The predicted octanol–water partition coefficient (Wildman–Crippen LogP) is 2.69. The molecule has 0 aliphatic heterocycles. The summed E-state index contributed by atoms with van der Waals surface area (Å²) in [5.41, 5.74) is 3.55. The van der Waals surface area contributed by atoms with Gasteiger partial charge in [-0.3, -0.25) is 4.79 Å². The van der Waals surface area contributed by atoms with Gasteiger partial charge in [0.05, 0.1) is 16.6 Å². The van der Waals surface area contributed by atoms with Crippen LogP contribution in [0.3, 0.4) is 0 Å². The lowest BCUT2D eigenvalue weighted by atomic mass is 10.1. The molecule has 8 heteroatoms. The van der Waals surface area contributed by atoms with E-state index in [1.165, 1.54) is 12.1 Å². The summed E-state index contributed by atoms with van der Waals surface area (Å²) in [5, 5.41) is 8.75. The number of carbonyl (C=O) groups is 1. The maximum Gasteiger partial charge on any atom is 0.341 e. The van der Waals surface area contributed by atoms with Crippen molar-refractivity contribution >= 4 is 22.6 Å². The van der Waals surface area contributed by atoms with E-state index in [0.29, 0.717) is 12.1 Å². The summed E-state index contributed by atoms with van der Waals surface area (Å²) in [6.45, 7) is 0. The first-order valence-corrected chi connectivity index (χ1v) is 6.62. The predicted molar refractivity (Wildman–Crippen MR) is 80.8 cm³/mol. The second-order valence-corrected chi connectivity index (χ2v) is 5.04. The van der Waals surface area contributed by atoms with Crippen molar-refractivity contribution in [2.75, 3.05) is 5.73 Å². The number of anilines is 1. The molecule has 1 heterocycles. The van der Waals surface area contributed by atoms with Crippen LogP contribution in [0.25, 0.3) is 16.6 Å². The lowest BCUT2D eigenvalue weighted by molar-refractivity contribution is 0.0695. The van der Waals surface area contributed by atoms with Crippen LogP contribution in [-0.4, -0.2) is 15.6 Å². The summed E-state index contributed by atoms with van der Waals surface area (Å²) < 4.78 is 42.2. The molecule has 0 aliphatic carbocycles. The highest BCUT2D eigenvalue weighted by molar-refractivity contribution is 5.93.